The number of hydrogen-bond acceptors (Lipinski definition) is 5. The lowest BCUT2D eigenvalue weighted by Gasteiger charge is -2.17. The van der Waals surface area contributed by atoms with Crippen molar-refractivity contribution in [2.75, 3.05) is 6.61 Å². The Morgan fingerprint density at radius 1 is 1.23 bits per heavy atom. The quantitative estimate of drug-likeness (QED) is 0.324. The zero-order valence-electron chi connectivity index (χ0n) is 16.1. The van der Waals surface area contributed by atoms with Crippen LogP contribution in [0.25, 0.3) is 0 Å². The number of Topliss-reactive ketones (excluding diaryl/α,β-unsaturated/α-hetero) is 2. The predicted molar refractivity (Wildman–Crippen MR) is 102 cm³/mol. The van der Waals surface area contributed by atoms with Gasteiger partial charge in [-0.05, 0) is 25.7 Å². The highest BCUT2D eigenvalue weighted by molar-refractivity contribution is 5.84. The Hall–Kier alpha value is -1.04. The summed E-state index contributed by atoms with van der Waals surface area (Å²) >= 11 is 0. The average Bonchev–Trinajstić information content (AvgIpc) is 2.89. The highest BCUT2D eigenvalue weighted by atomic mass is 16.3. The van der Waals surface area contributed by atoms with Crippen LogP contribution in [0, 0.1) is 11.8 Å². The van der Waals surface area contributed by atoms with E-state index in [-0.39, 0.29) is 42.5 Å². The van der Waals surface area contributed by atoms with Gasteiger partial charge in [-0.2, -0.15) is 0 Å². The fourth-order valence-electron chi connectivity index (χ4n) is 3.66. The molecule has 0 aromatic heterocycles. The molecule has 3 N–H and O–H groups in total. The molecule has 0 spiro atoms. The van der Waals surface area contributed by atoms with Crippen LogP contribution in [0.3, 0.4) is 0 Å². The van der Waals surface area contributed by atoms with Crippen molar-refractivity contribution < 1.29 is 24.9 Å². The predicted octanol–water partition coefficient (Wildman–Crippen LogP) is 2.95. The number of rotatable bonds is 14. The lowest BCUT2D eigenvalue weighted by Crippen LogP contribution is -2.18. The first-order valence-electron chi connectivity index (χ1n) is 10.2. The highest BCUT2D eigenvalue weighted by Gasteiger charge is 2.39. The molecule has 0 radical (unpaired) electrons. The van der Waals surface area contributed by atoms with Crippen molar-refractivity contribution in [3.8, 4) is 0 Å². The summed E-state index contributed by atoms with van der Waals surface area (Å²) < 4.78 is 0. The maximum atomic E-state index is 12.2. The van der Waals surface area contributed by atoms with Gasteiger partial charge in [0.05, 0.1) is 12.2 Å². The molecule has 26 heavy (non-hydrogen) atoms. The van der Waals surface area contributed by atoms with E-state index in [1.54, 1.807) is 0 Å². The number of carbonyl (C=O) groups excluding carboxylic acids is 2. The van der Waals surface area contributed by atoms with Crippen LogP contribution in [0.1, 0.15) is 77.6 Å². The van der Waals surface area contributed by atoms with E-state index in [9.17, 15) is 19.8 Å². The minimum Gasteiger partial charge on any atom is -0.393 e. The van der Waals surface area contributed by atoms with Gasteiger partial charge in [-0.3, -0.25) is 9.59 Å². The summed E-state index contributed by atoms with van der Waals surface area (Å²) in [5.41, 5.74) is 0. The standard InChI is InChI=1S/C21H36O5/c1-2-3-9-16(23)11-8-13-19-18(20(25)14-21(19)26)12-7-5-4-6-10-17(24)15-22/h8,13,16,18-19,21-23,26H,2-7,9-12,14-15H2,1H3/b13-8+/t16?,18-,19-,21-/m1/s1. The van der Waals surface area contributed by atoms with Crippen molar-refractivity contribution in [1.29, 1.82) is 0 Å². The summed E-state index contributed by atoms with van der Waals surface area (Å²) in [7, 11) is 0. The molecule has 0 aromatic rings. The van der Waals surface area contributed by atoms with Gasteiger partial charge in [0.15, 0.2) is 5.78 Å². The van der Waals surface area contributed by atoms with Crippen LogP contribution in [0.2, 0.25) is 0 Å². The Labute approximate surface area is 157 Å². The molecule has 150 valence electrons. The first-order valence-corrected chi connectivity index (χ1v) is 10.2. The third-order valence-corrected chi connectivity index (χ3v) is 5.29. The van der Waals surface area contributed by atoms with Crippen molar-refractivity contribution in [3.63, 3.8) is 0 Å². The van der Waals surface area contributed by atoms with E-state index in [4.69, 9.17) is 5.11 Å². The van der Waals surface area contributed by atoms with Crippen LogP contribution in [0.5, 0.6) is 0 Å². The van der Waals surface area contributed by atoms with Gasteiger partial charge >= 0.3 is 0 Å². The van der Waals surface area contributed by atoms with E-state index in [0.717, 1.165) is 51.4 Å². The summed E-state index contributed by atoms with van der Waals surface area (Å²) in [6.07, 6.45) is 11.3. The molecule has 5 nitrogen and oxygen atoms in total. The monoisotopic (exact) mass is 368 g/mol. The Morgan fingerprint density at radius 3 is 2.65 bits per heavy atom. The van der Waals surface area contributed by atoms with Crippen LogP contribution in [-0.4, -0.2) is 45.7 Å². The molecule has 1 rings (SSSR count). The Balaban J connectivity index is 2.34. The maximum absolute atomic E-state index is 12.2. The molecule has 0 aromatic carbocycles. The van der Waals surface area contributed by atoms with Gasteiger partial charge in [0.1, 0.15) is 12.4 Å². The third-order valence-electron chi connectivity index (χ3n) is 5.29. The fourth-order valence-corrected chi connectivity index (χ4v) is 3.66. The molecule has 1 unspecified atom stereocenters. The summed E-state index contributed by atoms with van der Waals surface area (Å²) in [6.45, 7) is 1.72. The third kappa shape index (κ3) is 8.56. The van der Waals surface area contributed by atoms with E-state index in [0.29, 0.717) is 12.8 Å². The molecule has 0 amide bonds. The van der Waals surface area contributed by atoms with E-state index in [2.05, 4.69) is 6.92 Å². The molecule has 0 heterocycles. The second-order valence-electron chi connectivity index (χ2n) is 7.53. The SMILES string of the molecule is CCCCC(O)C/C=C/[C@H]1[C@H](O)CC(=O)[C@@H]1CCCCCCC(=O)CO. The zero-order valence-corrected chi connectivity index (χ0v) is 16.1. The molecule has 4 atom stereocenters. The van der Waals surface area contributed by atoms with Gasteiger partial charge in [0.2, 0.25) is 0 Å². The summed E-state index contributed by atoms with van der Waals surface area (Å²) in [6, 6.07) is 0. The Kier molecular flexibility index (Phi) is 11.7. The number of hydrogen-bond donors (Lipinski definition) is 3. The average molecular weight is 369 g/mol. The summed E-state index contributed by atoms with van der Waals surface area (Å²) in [4.78, 5) is 23.2. The highest BCUT2D eigenvalue weighted by Crippen LogP contribution is 2.34. The smallest absolute Gasteiger partial charge is 0.158 e. The normalized spacial score (nSPS) is 24.5. The van der Waals surface area contributed by atoms with Gasteiger partial charge in [0.25, 0.3) is 0 Å². The second-order valence-corrected chi connectivity index (χ2v) is 7.53. The molecule has 1 fully saturated rings. The van der Waals surface area contributed by atoms with Gasteiger partial charge < -0.3 is 15.3 Å². The van der Waals surface area contributed by atoms with Gasteiger partial charge in [-0.1, -0.05) is 51.2 Å². The first kappa shape index (κ1) is 23.0. The van der Waals surface area contributed by atoms with Crippen LogP contribution in [-0.2, 0) is 9.59 Å². The molecule has 1 aliphatic carbocycles. The van der Waals surface area contributed by atoms with Crippen LogP contribution < -0.4 is 0 Å². The number of ketones is 2. The summed E-state index contributed by atoms with van der Waals surface area (Å²) in [5.74, 6) is -0.260. The van der Waals surface area contributed by atoms with Crippen LogP contribution in [0.15, 0.2) is 12.2 Å². The molecule has 1 aliphatic rings. The second kappa shape index (κ2) is 13.2. The molecule has 0 aliphatic heterocycles. The first-order chi connectivity index (χ1) is 12.5. The molecular formula is C21H36O5. The van der Waals surface area contributed by atoms with Crippen molar-refractivity contribution in [2.45, 2.75) is 89.8 Å². The Bertz CT molecular complexity index is 446. The number of aliphatic hydroxyl groups excluding tert-OH is 3. The fraction of sp³-hybridized carbons (Fsp3) is 0.810. The lowest BCUT2D eigenvalue weighted by atomic mass is 9.88. The Morgan fingerprint density at radius 2 is 1.96 bits per heavy atom. The zero-order chi connectivity index (χ0) is 19.4. The maximum Gasteiger partial charge on any atom is 0.158 e. The minimum atomic E-state index is -0.612. The van der Waals surface area contributed by atoms with Crippen LogP contribution in [0.4, 0.5) is 0 Å². The van der Waals surface area contributed by atoms with Crippen molar-refractivity contribution >= 4 is 11.6 Å². The van der Waals surface area contributed by atoms with Crippen LogP contribution >= 0.6 is 0 Å². The van der Waals surface area contributed by atoms with E-state index in [1.807, 2.05) is 12.2 Å². The van der Waals surface area contributed by atoms with Gasteiger partial charge in [-0.25, -0.2) is 0 Å². The number of unbranched alkanes of at least 4 members (excludes halogenated alkanes) is 4. The molecule has 0 saturated heterocycles. The lowest BCUT2D eigenvalue weighted by molar-refractivity contribution is -0.122. The topological polar surface area (TPSA) is 94.8 Å². The van der Waals surface area contributed by atoms with Crippen molar-refractivity contribution in [3.05, 3.63) is 12.2 Å². The van der Waals surface area contributed by atoms with Crippen molar-refractivity contribution in [1.82, 2.24) is 0 Å². The van der Waals surface area contributed by atoms with Gasteiger partial charge in [-0.15, -0.1) is 0 Å². The van der Waals surface area contributed by atoms with E-state index < -0.39 is 6.10 Å². The molecule has 5 heteroatoms. The number of aliphatic hydroxyl groups is 3. The largest absolute Gasteiger partial charge is 0.393 e. The van der Waals surface area contributed by atoms with E-state index >= 15 is 0 Å². The minimum absolute atomic E-state index is 0.120. The van der Waals surface area contributed by atoms with Gasteiger partial charge in [0, 0.05) is 24.7 Å². The van der Waals surface area contributed by atoms with E-state index in [1.165, 1.54) is 0 Å². The number of carbonyl (C=O) groups is 2. The molecule has 0 bridgehead atoms. The molecular weight excluding hydrogens is 332 g/mol. The summed E-state index contributed by atoms with van der Waals surface area (Å²) in [5, 5.41) is 28.7. The van der Waals surface area contributed by atoms with Crippen molar-refractivity contribution in [2.24, 2.45) is 11.8 Å². The molecule has 1 saturated carbocycles.